The van der Waals surface area contributed by atoms with Crippen LogP contribution in [0, 0.1) is 13.8 Å². The third-order valence-electron chi connectivity index (χ3n) is 3.50. The molecule has 0 bridgehead atoms. The second kappa shape index (κ2) is 5.18. The van der Waals surface area contributed by atoms with E-state index in [0.29, 0.717) is 10.6 Å². The van der Waals surface area contributed by atoms with Crippen molar-refractivity contribution in [3.8, 4) is 0 Å². The third kappa shape index (κ3) is 2.48. The van der Waals surface area contributed by atoms with Crippen molar-refractivity contribution in [2.75, 3.05) is 11.1 Å². The zero-order chi connectivity index (χ0) is 15.0. The number of nitrogens with two attached hydrogens (primary N) is 1. The van der Waals surface area contributed by atoms with E-state index in [2.05, 4.69) is 10.3 Å². The van der Waals surface area contributed by atoms with Crippen LogP contribution in [0.4, 0.5) is 11.4 Å². The number of aromatic nitrogens is 1. The average molecular weight is 297 g/mol. The number of nitrogens with zero attached hydrogens (tertiary/aromatic N) is 1. The highest BCUT2D eigenvalue weighted by Gasteiger charge is 2.16. The molecule has 0 unspecified atom stereocenters. The van der Waals surface area contributed by atoms with Crippen molar-refractivity contribution in [3.63, 3.8) is 0 Å². The fourth-order valence-electron chi connectivity index (χ4n) is 2.15. The summed E-state index contributed by atoms with van der Waals surface area (Å²) in [5.41, 5.74) is 9.69. The number of carbonyl (C=O) groups is 1. The van der Waals surface area contributed by atoms with Crippen LogP contribution in [0.15, 0.2) is 36.7 Å². The van der Waals surface area contributed by atoms with Gasteiger partial charge in [0.1, 0.15) is 4.88 Å². The molecule has 0 fully saturated rings. The Labute approximate surface area is 126 Å². The zero-order valence-electron chi connectivity index (χ0n) is 11.8. The summed E-state index contributed by atoms with van der Waals surface area (Å²) in [6.45, 7) is 4.06. The van der Waals surface area contributed by atoms with Gasteiger partial charge in [-0.15, -0.1) is 11.3 Å². The maximum atomic E-state index is 12.4. The molecule has 0 saturated carbocycles. The van der Waals surface area contributed by atoms with Crippen LogP contribution >= 0.6 is 11.3 Å². The molecule has 3 aromatic rings. The van der Waals surface area contributed by atoms with Crippen molar-refractivity contribution in [1.29, 1.82) is 0 Å². The van der Waals surface area contributed by atoms with Crippen molar-refractivity contribution in [2.24, 2.45) is 0 Å². The Kier molecular flexibility index (Phi) is 3.35. The number of pyridine rings is 1. The molecule has 0 aliphatic rings. The number of fused-ring (bicyclic) bond motifs is 1. The van der Waals surface area contributed by atoms with Gasteiger partial charge in [0.15, 0.2) is 0 Å². The summed E-state index contributed by atoms with van der Waals surface area (Å²) in [5.74, 6) is -0.183. The van der Waals surface area contributed by atoms with E-state index in [1.54, 1.807) is 12.4 Å². The van der Waals surface area contributed by atoms with Crippen LogP contribution in [0.25, 0.3) is 10.1 Å². The molecule has 2 aromatic heterocycles. The summed E-state index contributed by atoms with van der Waals surface area (Å²) < 4.78 is 0.917. The molecule has 1 aromatic carbocycles. The van der Waals surface area contributed by atoms with Gasteiger partial charge >= 0.3 is 0 Å². The Morgan fingerprint density at radius 1 is 1.24 bits per heavy atom. The molecule has 3 N–H and O–H groups in total. The predicted molar refractivity (Wildman–Crippen MR) is 87.9 cm³/mol. The van der Waals surface area contributed by atoms with Gasteiger partial charge in [-0.2, -0.15) is 0 Å². The first kappa shape index (κ1) is 13.6. The number of hydrogen-bond donors (Lipinski definition) is 2. The third-order valence-corrected chi connectivity index (χ3v) is 4.66. The van der Waals surface area contributed by atoms with Gasteiger partial charge in [0.05, 0.1) is 10.4 Å². The van der Waals surface area contributed by atoms with Crippen molar-refractivity contribution < 1.29 is 4.79 Å². The minimum Gasteiger partial charge on any atom is -0.397 e. The van der Waals surface area contributed by atoms with Crippen molar-refractivity contribution in [1.82, 2.24) is 4.98 Å². The van der Waals surface area contributed by atoms with E-state index in [9.17, 15) is 4.79 Å². The topological polar surface area (TPSA) is 68.0 Å². The molecule has 21 heavy (non-hydrogen) atoms. The number of carbonyl (C=O) groups excluding carboxylic acids is 1. The van der Waals surface area contributed by atoms with Gasteiger partial charge < -0.3 is 11.1 Å². The van der Waals surface area contributed by atoms with Gasteiger partial charge in [-0.25, -0.2) is 0 Å². The highest BCUT2D eigenvalue weighted by molar-refractivity contribution is 7.21. The van der Waals surface area contributed by atoms with Crippen LogP contribution < -0.4 is 11.1 Å². The molecular formula is C16H15N3OS. The average Bonchev–Trinajstić information content (AvgIpc) is 2.81. The number of benzene rings is 1. The van der Waals surface area contributed by atoms with E-state index < -0.39 is 0 Å². The maximum Gasteiger partial charge on any atom is 0.267 e. The van der Waals surface area contributed by atoms with Crippen LogP contribution in [0.5, 0.6) is 0 Å². The Bertz CT molecular complexity index is 839. The summed E-state index contributed by atoms with van der Waals surface area (Å²) in [7, 11) is 0. The summed E-state index contributed by atoms with van der Waals surface area (Å²) in [5, 5.41) is 3.77. The van der Waals surface area contributed by atoms with Crippen molar-refractivity contribution >= 4 is 38.7 Å². The number of aryl methyl sites for hydroxylation is 2. The lowest BCUT2D eigenvalue weighted by atomic mass is 10.1. The standard InChI is InChI=1S/C16H15N3OS/c1-9-3-4-11(7-10(9)2)19-16(20)15-14(17)12-5-6-18-8-13(12)21-15/h3-8H,17H2,1-2H3,(H,19,20). The molecule has 0 atom stereocenters. The fourth-order valence-corrected chi connectivity index (χ4v) is 3.13. The molecule has 0 saturated heterocycles. The number of nitrogen functional groups attached to an aromatic ring is 1. The van der Waals surface area contributed by atoms with Crippen LogP contribution in [0.1, 0.15) is 20.8 Å². The number of rotatable bonds is 2. The minimum atomic E-state index is -0.183. The predicted octanol–water partition coefficient (Wildman–Crippen LogP) is 3.75. The van der Waals surface area contributed by atoms with Gasteiger partial charge in [-0.05, 0) is 43.2 Å². The summed E-state index contributed by atoms with van der Waals surface area (Å²) in [4.78, 5) is 17.0. The van der Waals surface area contributed by atoms with Crippen LogP contribution in [0.3, 0.4) is 0 Å². The van der Waals surface area contributed by atoms with Crippen LogP contribution in [-0.4, -0.2) is 10.9 Å². The molecule has 1 amide bonds. The number of hydrogen-bond acceptors (Lipinski definition) is 4. The molecule has 0 radical (unpaired) electrons. The smallest absolute Gasteiger partial charge is 0.267 e. The number of nitrogens with one attached hydrogen (secondary N) is 1. The Hall–Kier alpha value is -2.40. The van der Waals surface area contributed by atoms with E-state index in [1.165, 1.54) is 16.9 Å². The van der Waals surface area contributed by atoms with Gasteiger partial charge in [0.2, 0.25) is 0 Å². The normalized spacial score (nSPS) is 10.8. The lowest BCUT2D eigenvalue weighted by molar-refractivity contribution is 0.103. The lowest BCUT2D eigenvalue weighted by Crippen LogP contribution is -2.12. The highest BCUT2D eigenvalue weighted by atomic mass is 32.1. The first-order valence-electron chi connectivity index (χ1n) is 6.57. The summed E-state index contributed by atoms with van der Waals surface area (Å²) in [6.07, 6.45) is 3.40. The molecule has 0 aliphatic carbocycles. The van der Waals surface area contributed by atoms with Crippen molar-refractivity contribution in [2.45, 2.75) is 13.8 Å². The molecule has 4 nitrogen and oxygen atoms in total. The maximum absolute atomic E-state index is 12.4. The molecular weight excluding hydrogens is 282 g/mol. The van der Waals surface area contributed by atoms with E-state index in [4.69, 9.17) is 5.73 Å². The largest absolute Gasteiger partial charge is 0.397 e. The van der Waals surface area contributed by atoms with Gasteiger partial charge in [-0.3, -0.25) is 9.78 Å². The first-order chi connectivity index (χ1) is 10.1. The van der Waals surface area contributed by atoms with Gasteiger partial charge in [0.25, 0.3) is 5.91 Å². The number of anilines is 2. The lowest BCUT2D eigenvalue weighted by Gasteiger charge is -2.07. The monoisotopic (exact) mass is 297 g/mol. The first-order valence-corrected chi connectivity index (χ1v) is 7.38. The van der Waals surface area contributed by atoms with Crippen molar-refractivity contribution in [3.05, 3.63) is 52.7 Å². The quantitative estimate of drug-likeness (QED) is 0.757. The minimum absolute atomic E-state index is 0.183. The molecule has 5 heteroatoms. The SMILES string of the molecule is Cc1ccc(NC(=O)c2sc3cnccc3c2N)cc1C. The van der Waals surface area contributed by atoms with Crippen LogP contribution in [-0.2, 0) is 0 Å². The second-order valence-electron chi connectivity index (χ2n) is 4.97. The number of amides is 1. The zero-order valence-corrected chi connectivity index (χ0v) is 12.6. The Morgan fingerprint density at radius 3 is 2.76 bits per heavy atom. The molecule has 3 rings (SSSR count). The summed E-state index contributed by atoms with van der Waals surface area (Å²) in [6, 6.07) is 7.67. The van der Waals surface area contributed by atoms with E-state index in [-0.39, 0.29) is 5.91 Å². The molecule has 2 heterocycles. The van der Waals surface area contributed by atoms with E-state index in [1.807, 2.05) is 38.1 Å². The second-order valence-corrected chi connectivity index (χ2v) is 6.02. The summed E-state index contributed by atoms with van der Waals surface area (Å²) >= 11 is 1.36. The van der Waals surface area contributed by atoms with E-state index in [0.717, 1.165) is 21.3 Å². The molecule has 106 valence electrons. The Balaban J connectivity index is 1.93. The van der Waals surface area contributed by atoms with Gasteiger partial charge in [-0.1, -0.05) is 6.07 Å². The Morgan fingerprint density at radius 2 is 2.05 bits per heavy atom. The van der Waals surface area contributed by atoms with Crippen LogP contribution in [0.2, 0.25) is 0 Å². The number of thiophene rings is 1. The molecule has 0 aliphatic heterocycles. The van der Waals surface area contributed by atoms with E-state index >= 15 is 0 Å². The fraction of sp³-hybridized carbons (Fsp3) is 0.125. The molecule has 0 spiro atoms. The van der Waals surface area contributed by atoms with Gasteiger partial charge in [0, 0.05) is 23.5 Å². The highest BCUT2D eigenvalue weighted by Crippen LogP contribution is 2.33.